The second-order valence-corrected chi connectivity index (χ2v) is 8.30. The molecule has 1 fully saturated rings. The first-order chi connectivity index (χ1) is 17.8. The van der Waals surface area contributed by atoms with E-state index in [9.17, 15) is 28.8 Å². The molecule has 0 saturated carbocycles. The lowest BCUT2D eigenvalue weighted by molar-refractivity contribution is -0.251. The fourth-order valence-corrected chi connectivity index (χ4v) is 4.21. The summed E-state index contributed by atoms with van der Waals surface area (Å²) < 4.78 is 43.3. The van der Waals surface area contributed by atoms with Crippen molar-refractivity contribution in [3.8, 4) is 17.2 Å². The Morgan fingerprint density at radius 2 is 1.42 bits per heavy atom. The van der Waals surface area contributed by atoms with Gasteiger partial charge in [-0.3, -0.25) is 24.0 Å². The Balaban J connectivity index is 2.26. The summed E-state index contributed by atoms with van der Waals surface area (Å²) in [6.07, 6.45) is -6.71. The van der Waals surface area contributed by atoms with Crippen LogP contribution in [0.1, 0.15) is 56.6 Å². The van der Waals surface area contributed by atoms with Crippen LogP contribution < -0.4 is 14.2 Å². The molecule has 38 heavy (non-hydrogen) atoms. The molecule has 1 aromatic carbocycles. The number of carbonyl (C=O) groups is 6. The molecule has 14 heteroatoms. The molecule has 1 saturated heterocycles. The lowest BCUT2D eigenvalue weighted by Crippen LogP contribution is -2.60. The van der Waals surface area contributed by atoms with Crippen LogP contribution in [0.15, 0.2) is 6.07 Å². The number of fused-ring (bicyclic) bond motifs is 3. The van der Waals surface area contributed by atoms with Crippen LogP contribution in [0, 0.1) is 0 Å². The molecule has 5 atom stereocenters. The van der Waals surface area contributed by atoms with Crippen molar-refractivity contribution in [2.75, 3.05) is 13.7 Å². The summed E-state index contributed by atoms with van der Waals surface area (Å²) in [5.74, 6) is -5.59. The molecule has 0 radical (unpaired) electrons. The number of carbonyl (C=O) groups excluding carboxylic acids is 6. The number of ether oxygens (including phenoxy) is 8. The quantitative estimate of drug-likeness (QED) is 0.272. The minimum absolute atomic E-state index is 0.0551. The van der Waals surface area contributed by atoms with Crippen LogP contribution >= 0.6 is 0 Å². The van der Waals surface area contributed by atoms with Gasteiger partial charge >= 0.3 is 35.8 Å². The zero-order valence-corrected chi connectivity index (χ0v) is 21.4. The predicted octanol–water partition coefficient (Wildman–Crippen LogP) is 0.951. The minimum atomic E-state index is -1.42. The number of benzene rings is 1. The molecular formula is C24H26O14. The number of esters is 6. The van der Waals surface area contributed by atoms with E-state index in [1.165, 1.54) is 7.11 Å². The number of rotatable bonds is 7. The first kappa shape index (κ1) is 28.4. The van der Waals surface area contributed by atoms with E-state index in [2.05, 4.69) is 0 Å². The minimum Gasteiger partial charge on any atom is -0.490 e. The topological polar surface area (TPSA) is 176 Å². The molecule has 14 nitrogen and oxygen atoms in total. The molecule has 2 aliphatic rings. The average molecular weight is 538 g/mol. The fourth-order valence-electron chi connectivity index (χ4n) is 4.21. The van der Waals surface area contributed by atoms with Gasteiger partial charge in [0.15, 0.2) is 29.8 Å². The maximum Gasteiger partial charge on any atom is 0.339 e. The van der Waals surface area contributed by atoms with E-state index in [1.54, 1.807) is 0 Å². The van der Waals surface area contributed by atoms with Gasteiger partial charge in [-0.05, 0) is 6.07 Å². The summed E-state index contributed by atoms with van der Waals surface area (Å²) >= 11 is 0. The average Bonchev–Trinajstić information content (AvgIpc) is 2.78. The molecule has 0 bridgehead atoms. The largest absolute Gasteiger partial charge is 0.490 e. The predicted molar refractivity (Wildman–Crippen MR) is 120 cm³/mol. The van der Waals surface area contributed by atoms with Crippen molar-refractivity contribution < 1.29 is 66.7 Å². The number of methoxy groups -OCH3 is 1. The van der Waals surface area contributed by atoms with Crippen LogP contribution in [0.4, 0.5) is 0 Å². The zero-order valence-electron chi connectivity index (χ0n) is 21.4. The lowest BCUT2D eigenvalue weighted by atomic mass is 9.85. The maximum atomic E-state index is 13.2. The highest BCUT2D eigenvalue weighted by molar-refractivity contribution is 5.96. The van der Waals surface area contributed by atoms with Gasteiger partial charge in [0.1, 0.15) is 18.8 Å². The highest BCUT2D eigenvalue weighted by Crippen LogP contribution is 2.51. The Hall–Kier alpha value is -4.20. The normalized spacial score (nSPS) is 23.5. The molecule has 206 valence electrons. The Bertz CT molecular complexity index is 1170. The smallest absolute Gasteiger partial charge is 0.339 e. The molecule has 3 rings (SSSR count). The van der Waals surface area contributed by atoms with Crippen LogP contribution in [0.3, 0.4) is 0 Å². The number of hydrogen-bond donors (Lipinski definition) is 0. The van der Waals surface area contributed by atoms with Crippen molar-refractivity contribution in [2.45, 2.75) is 65.1 Å². The van der Waals surface area contributed by atoms with Crippen molar-refractivity contribution >= 4 is 35.8 Å². The van der Waals surface area contributed by atoms with Crippen LogP contribution in [0.25, 0.3) is 0 Å². The van der Waals surface area contributed by atoms with E-state index in [4.69, 9.17) is 37.9 Å². The molecule has 0 aliphatic carbocycles. The van der Waals surface area contributed by atoms with Crippen molar-refractivity contribution in [3.05, 3.63) is 17.2 Å². The van der Waals surface area contributed by atoms with Crippen molar-refractivity contribution in [1.82, 2.24) is 0 Å². The molecular weight excluding hydrogens is 512 g/mol. The van der Waals surface area contributed by atoms with E-state index in [0.29, 0.717) is 0 Å². The van der Waals surface area contributed by atoms with Crippen LogP contribution in [-0.2, 0) is 47.7 Å². The first-order valence-electron chi connectivity index (χ1n) is 11.3. The van der Waals surface area contributed by atoms with Crippen LogP contribution in [-0.4, -0.2) is 73.9 Å². The molecule has 0 amide bonds. The summed E-state index contributed by atoms with van der Waals surface area (Å²) in [6.45, 7) is 5.10. The maximum absolute atomic E-state index is 13.2. The second-order valence-electron chi connectivity index (χ2n) is 8.30. The Morgan fingerprint density at radius 3 is 1.95 bits per heavy atom. The molecule has 1 aromatic rings. The second kappa shape index (κ2) is 11.5. The third-order valence-electron chi connectivity index (χ3n) is 5.38. The molecule has 0 N–H and O–H groups in total. The highest BCUT2D eigenvalue weighted by Gasteiger charge is 2.56. The molecule has 2 aliphatic heterocycles. The van der Waals surface area contributed by atoms with Gasteiger partial charge in [-0.25, -0.2) is 4.79 Å². The summed E-state index contributed by atoms with van der Waals surface area (Å²) in [6, 6.07) is 1.14. The summed E-state index contributed by atoms with van der Waals surface area (Å²) in [7, 11) is 1.21. The molecule has 0 unspecified atom stereocenters. The van der Waals surface area contributed by atoms with Crippen LogP contribution in [0.2, 0.25) is 0 Å². The van der Waals surface area contributed by atoms with E-state index in [0.717, 1.165) is 40.7 Å². The molecule has 0 aromatic heterocycles. The van der Waals surface area contributed by atoms with Gasteiger partial charge in [0.2, 0.25) is 5.75 Å². The van der Waals surface area contributed by atoms with Gasteiger partial charge in [0, 0.05) is 40.2 Å². The van der Waals surface area contributed by atoms with E-state index >= 15 is 0 Å². The van der Waals surface area contributed by atoms with Crippen LogP contribution in [0.5, 0.6) is 17.2 Å². The monoisotopic (exact) mass is 538 g/mol. The number of hydrogen-bond acceptors (Lipinski definition) is 14. The van der Waals surface area contributed by atoms with Crippen molar-refractivity contribution in [3.63, 3.8) is 0 Å². The highest BCUT2D eigenvalue weighted by atomic mass is 16.7. The van der Waals surface area contributed by atoms with Crippen molar-refractivity contribution in [1.29, 1.82) is 0 Å². The summed E-state index contributed by atoms with van der Waals surface area (Å²) in [5, 5.41) is 0. The van der Waals surface area contributed by atoms with Gasteiger partial charge in [-0.15, -0.1) is 0 Å². The van der Waals surface area contributed by atoms with Gasteiger partial charge < -0.3 is 37.9 Å². The van der Waals surface area contributed by atoms with Gasteiger partial charge in [-0.2, -0.15) is 0 Å². The molecule has 0 spiro atoms. The van der Waals surface area contributed by atoms with Gasteiger partial charge in [0.05, 0.1) is 12.7 Å². The zero-order chi connectivity index (χ0) is 28.3. The SMILES string of the molecule is COc1c(OC(C)=O)cc2c(c1OC(C)=O)[C@@H]1O[C@H](COC(C)=O)[C@H](OC(C)=O)[C@@H](OC(C)=O)[C@@H]1OC2=O. The Labute approximate surface area is 216 Å². The van der Waals surface area contributed by atoms with E-state index in [-0.39, 0.29) is 28.4 Å². The lowest BCUT2D eigenvalue weighted by Gasteiger charge is -2.46. The van der Waals surface area contributed by atoms with E-state index < -0.39 is 72.9 Å². The fraction of sp³-hybridized carbons (Fsp3) is 0.500. The first-order valence-corrected chi connectivity index (χ1v) is 11.3. The molecule has 2 heterocycles. The summed E-state index contributed by atoms with van der Waals surface area (Å²) in [5.41, 5.74) is -0.265. The Kier molecular flexibility index (Phi) is 8.56. The standard InChI is InChI=1S/C24H26O14/c1-9(25)32-8-16-19(34-11(3)27)22(36-13(5)29)23-21(37-16)17-14(24(30)38-23)7-15(33-10(2)26)18(31-6)20(17)35-12(4)28/h7,16,19,21-23H,8H2,1-6H3/t16-,19+,21+,22-,23-/m1/s1. The summed E-state index contributed by atoms with van der Waals surface area (Å²) in [4.78, 5) is 72.3. The Morgan fingerprint density at radius 1 is 0.816 bits per heavy atom. The third-order valence-corrected chi connectivity index (χ3v) is 5.38. The van der Waals surface area contributed by atoms with Gasteiger partial charge in [0.25, 0.3) is 0 Å². The third kappa shape index (κ3) is 6.02. The van der Waals surface area contributed by atoms with Gasteiger partial charge in [-0.1, -0.05) is 0 Å². The van der Waals surface area contributed by atoms with E-state index in [1.807, 2.05) is 0 Å². The van der Waals surface area contributed by atoms with Crippen molar-refractivity contribution in [2.24, 2.45) is 0 Å².